The van der Waals surface area contributed by atoms with Gasteiger partial charge in [0.2, 0.25) is 0 Å². The van der Waals surface area contributed by atoms with Crippen LogP contribution in [-0.2, 0) is 16.3 Å². The van der Waals surface area contributed by atoms with E-state index >= 15 is 0 Å². The molecule has 0 bridgehead atoms. The molecule has 0 radical (unpaired) electrons. The number of nitrogens with zero attached hydrogens (tertiary/aromatic N) is 2. The lowest BCUT2D eigenvalue weighted by molar-refractivity contribution is -0.385. The molecule has 9 nitrogen and oxygen atoms in total. The fraction of sp³-hybridized carbons (Fsp3) is 0.250. The molecule has 2 aromatic rings. The summed E-state index contributed by atoms with van der Waals surface area (Å²) in [5.41, 5.74) is -0.169. The molecule has 0 aliphatic carbocycles. The molecule has 0 unspecified atom stereocenters. The van der Waals surface area contributed by atoms with E-state index in [1.807, 2.05) is 6.92 Å². The first-order valence-corrected chi connectivity index (χ1v) is 10.5. The summed E-state index contributed by atoms with van der Waals surface area (Å²) < 4.78 is 17.0. The van der Waals surface area contributed by atoms with Gasteiger partial charge in [0.05, 0.1) is 16.5 Å². The van der Waals surface area contributed by atoms with Crippen LogP contribution < -0.4 is 9.05 Å². The van der Waals surface area contributed by atoms with Crippen molar-refractivity contribution in [1.29, 1.82) is 0 Å². The standard InChI is InChI=1S/C16H17N2O7PS/c1-2-3-12-23-26(27,24-15-8-4-13(5-9-15)17(19)20)25-16-10-6-14(7-11-16)18(21)22/h4-11H,2-3,12H2,1H3. The van der Waals surface area contributed by atoms with Crippen LogP contribution in [0.2, 0.25) is 0 Å². The van der Waals surface area contributed by atoms with E-state index in [9.17, 15) is 20.2 Å². The number of non-ortho nitro benzene ring substituents is 2. The molecule has 0 aromatic heterocycles. The Morgan fingerprint density at radius 2 is 1.30 bits per heavy atom. The van der Waals surface area contributed by atoms with Gasteiger partial charge in [0.25, 0.3) is 11.4 Å². The van der Waals surface area contributed by atoms with Gasteiger partial charge in [0, 0.05) is 36.1 Å². The molecular weight excluding hydrogens is 395 g/mol. The van der Waals surface area contributed by atoms with Gasteiger partial charge in [-0.1, -0.05) is 13.3 Å². The molecule has 0 spiro atoms. The highest BCUT2D eigenvalue weighted by atomic mass is 32.5. The van der Waals surface area contributed by atoms with Gasteiger partial charge in [-0.2, -0.15) is 0 Å². The van der Waals surface area contributed by atoms with Gasteiger partial charge in [-0.15, -0.1) is 0 Å². The number of hydrogen-bond acceptors (Lipinski definition) is 8. The average Bonchev–Trinajstić information content (AvgIpc) is 2.62. The summed E-state index contributed by atoms with van der Waals surface area (Å²) in [6, 6.07) is 10.8. The molecular formula is C16H17N2O7PS. The molecule has 0 aliphatic rings. The Bertz CT molecular complexity index is 779. The number of unbranched alkanes of at least 4 members (excludes halogenated alkanes) is 1. The molecule has 11 heteroatoms. The minimum Gasteiger partial charge on any atom is -0.416 e. The number of hydrogen-bond donors (Lipinski definition) is 0. The van der Waals surface area contributed by atoms with Crippen molar-refractivity contribution in [2.75, 3.05) is 6.61 Å². The number of nitro groups is 2. The summed E-state index contributed by atoms with van der Waals surface area (Å²) in [5, 5.41) is 21.5. The largest absolute Gasteiger partial charge is 0.434 e. The van der Waals surface area contributed by atoms with Gasteiger partial charge < -0.3 is 9.05 Å². The van der Waals surface area contributed by atoms with E-state index in [-0.39, 0.29) is 22.9 Å². The highest BCUT2D eigenvalue weighted by Crippen LogP contribution is 2.50. The second-order valence-corrected chi connectivity index (χ2v) is 8.18. The van der Waals surface area contributed by atoms with Crippen molar-refractivity contribution >= 4 is 29.9 Å². The van der Waals surface area contributed by atoms with E-state index in [2.05, 4.69) is 0 Å². The van der Waals surface area contributed by atoms with Crippen LogP contribution in [0.3, 0.4) is 0 Å². The molecule has 144 valence electrons. The molecule has 0 aliphatic heterocycles. The second-order valence-electron chi connectivity index (χ2n) is 5.32. The van der Waals surface area contributed by atoms with Crippen LogP contribution in [-0.4, -0.2) is 16.5 Å². The molecule has 27 heavy (non-hydrogen) atoms. The molecule has 2 aromatic carbocycles. The van der Waals surface area contributed by atoms with Crippen LogP contribution in [0.4, 0.5) is 11.4 Å². The molecule has 0 saturated carbocycles. The Labute approximate surface area is 160 Å². The van der Waals surface area contributed by atoms with Crippen molar-refractivity contribution < 1.29 is 23.4 Å². The van der Waals surface area contributed by atoms with Crippen molar-refractivity contribution in [2.45, 2.75) is 19.8 Å². The highest BCUT2D eigenvalue weighted by molar-refractivity contribution is 8.07. The van der Waals surface area contributed by atoms with Gasteiger partial charge in [-0.05, 0) is 30.7 Å². The third-order valence-electron chi connectivity index (χ3n) is 3.28. The SMILES string of the molecule is CCCCOP(=S)(Oc1ccc([N+](=O)[O-])cc1)Oc1ccc([N+](=O)[O-])cc1. The quantitative estimate of drug-likeness (QED) is 0.232. The third kappa shape index (κ3) is 6.28. The Balaban J connectivity index is 2.18. The van der Waals surface area contributed by atoms with E-state index in [1.165, 1.54) is 48.5 Å². The van der Waals surface area contributed by atoms with Gasteiger partial charge in [-0.25, -0.2) is 0 Å². The minimum atomic E-state index is -3.28. The average molecular weight is 412 g/mol. The Kier molecular flexibility index (Phi) is 7.23. The lowest BCUT2D eigenvalue weighted by Gasteiger charge is -2.22. The van der Waals surface area contributed by atoms with E-state index in [4.69, 9.17) is 25.4 Å². The van der Waals surface area contributed by atoms with Crippen molar-refractivity contribution in [3.63, 3.8) is 0 Å². The van der Waals surface area contributed by atoms with Gasteiger partial charge in [0.1, 0.15) is 11.5 Å². The molecule has 0 atom stereocenters. The Hall–Kier alpha value is -2.55. The molecule has 2 rings (SSSR count). The number of benzene rings is 2. The maximum atomic E-state index is 10.7. The second kappa shape index (κ2) is 9.40. The monoisotopic (exact) mass is 412 g/mol. The maximum absolute atomic E-state index is 10.7. The summed E-state index contributed by atoms with van der Waals surface area (Å²) in [6.45, 7) is -0.976. The zero-order valence-electron chi connectivity index (χ0n) is 14.3. The maximum Gasteiger partial charge on any atom is 0.434 e. The van der Waals surface area contributed by atoms with Crippen LogP contribution in [0.1, 0.15) is 19.8 Å². The number of rotatable bonds is 10. The van der Waals surface area contributed by atoms with Crippen molar-refractivity contribution in [3.8, 4) is 11.5 Å². The van der Waals surface area contributed by atoms with Crippen LogP contribution in [0, 0.1) is 20.2 Å². The fourth-order valence-electron chi connectivity index (χ4n) is 1.91. The topological polar surface area (TPSA) is 114 Å². The Morgan fingerprint density at radius 1 is 0.889 bits per heavy atom. The van der Waals surface area contributed by atoms with Crippen LogP contribution >= 0.6 is 6.72 Å². The van der Waals surface area contributed by atoms with Crippen LogP contribution in [0.15, 0.2) is 48.5 Å². The molecule has 0 N–H and O–H groups in total. The van der Waals surface area contributed by atoms with E-state index in [0.717, 1.165) is 12.8 Å². The first-order chi connectivity index (χ1) is 12.8. The lowest BCUT2D eigenvalue weighted by Crippen LogP contribution is -2.06. The predicted octanol–water partition coefficient (Wildman–Crippen LogP) is 5.00. The molecule has 0 amide bonds. The molecule has 0 heterocycles. The van der Waals surface area contributed by atoms with E-state index in [1.54, 1.807) is 0 Å². The normalized spacial score (nSPS) is 11.0. The summed E-state index contributed by atoms with van der Waals surface area (Å²) in [6.07, 6.45) is 1.62. The highest BCUT2D eigenvalue weighted by Gasteiger charge is 2.25. The van der Waals surface area contributed by atoms with Crippen LogP contribution in [0.25, 0.3) is 0 Å². The summed E-state index contributed by atoms with van der Waals surface area (Å²) in [7, 11) is 0. The molecule has 0 saturated heterocycles. The Morgan fingerprint density at radius 3 is 1.63 bits per heavy atom. The third-order valence-corrected chi connectivity index (χ3v) is 5.41. The summed E-state index contributed by atoms with van der Waals surface area (Å²) in [5.74, 6) is 0.532. The van der Waals surface area contributed by atoms with E-state index < -0.39 is 16.6 Å². The minimum absolute atomic E-state index is 0.0844. The van der Waals surface area contributed by atoms with Gasteiger partial charge in [-0.3, -0.25) is 24.8 Å². The predicted molar refractivity (Wildman–Crippen MR) is 103 cm³/mol. The first kappa shape index (κ1) is 20.8. The summed E-state index contributed by atoms with van der Waals surface area (Å²) >= 11 is 5.42. The fourth-order valence-corrected chi connectivity index (χ4v) is 3.90. The van der Waals surface area contributed by atoms with Gasteiger partial charge >= 0.3 is 6.72 Å². The van der Waals surface area contributed by atoms with Gasteiger partial charge in [0.15, 0.2) is 0 Å². The zero-order chi connectivity index (χ0) is 19.9. The van der Waals surface area contributed by atoms with Crippen molar-refractivity contribution in [1.82, 2.24) is 0 Å². The summed E-state index contributed by atoms with van der Waals surface area (Å²) in [4.78, 5) is 20.4. The van der Waals surface area contributed by atoms with Crippen LogP contribution in [0.5, 0.6) is 11.5 Å². The van der Waals surface area contributed by atoms with E-state index in [0.29, 0.717) is 6.61 Å². The van der Waals surface area contributed by atoms with Crippen molar-refractivity contribution in [3.05, 3.63) is 68.8 Å². The van der Waals surface area contributed by atoms with Crippen molar-refractivity contribution in [2.24, 2.45) is 0 Å². The smallest absolute Gasteiger partial charge is 0.416 e. The first-order valence-electron chi connectivity index (χ1n) is 7.95. The zero-order valence-corrected chi connectivity index (χ0v) is 16.1. The lowest BCUT2D eigenvalue weighted by atomic mass is 10.3. The number of nitro benzene ring substituents is 2. The molecule has 0 fully saturated rings.